The minimum atomic E-state index is -0.668. The highest BCUT2D eigenvalue weighted by Crippen LogP contribution is 2.21. The topological polar surface area (TPSA) is 114 Å². The number of piperidine rings is 1. The molecule has 0 radical (unpaired) electrons. The van der Waals surface area contributed by atoms with Gasteiger partial charge in [0.25, 0.3) is 5.91 Å². The van der Waals surface area contributed by atoms with Crippen molar-refractivity contribution < 1.29 is 14.1 Å². The molecule has 1 fully saturated rings. The lowest BCUT2D eigenvalue weighted by Gasteiger charge is -2.32. The van der Waals surface area contributed by atoms with E-state index < -0.39 is 16.7 Å². The maximum absolute atomic E-state index is 12.0. The van der Waals surface area contributed by atoms with Gasteiger partial charge >= 0.3 is 5.88 Å². The minimum absolute atomic E-state index is 0.0429. The maximum atomic E-state index is 12.0. The zero-order valence-corrected chi connectivity index (χ0v) is 12.9. The van der Waals surface area contributed by atoms with Gasteiger partial charge in [-0.15, -0.1) is 0 Å². The van der Waals surface area contributed by atoms with Crippen molar-refractivity contribution in [3.63, 3.8) is 0 Å². The summed E-state index contributed by atoms with van der Waals surface area (Å²) in [5.74, 6) is 0.310. The molecule has 9 heteroatoms. The molecule has 126 valence electrons. The summed E-state index contributed by atoms with van der Waals surface area (Å²) in [6.07, 6.45) is 6.91. The number of carbonyl (C=O) groups excluding carboxylic acids is 1. The number of carbonyl (C=O) groups is 1. The van der Waals surface area contributed by atoms with E-state index in [4.69, 9.17) is 4.42 Å². The van der Waals surface area contributed by atoms with E-state index in [0.29, 0.717) is 12.5 Å². The van der Waals surface area contributed by atoms with E-state index in [-0.39, 0.29) is 5.76 Å². The number of aromatic nitrogens is 2. The van der Waals surface area contributed by atoms with Crippen molar-refractivity contribution in [3.8, 4) is 0 Å². The number of nitro groups is 1. The zero-order valence-electron chi connectivity index (χ0n) is 12.9. The average Bonchev–Trinajstić information content (AvgIpc) is 3.11. The Hall–Kier alpha value is -2.97. The van der Waals surface area contributed by atoms with Crippen LogP contribution < -0.4 is 10.2 Å². The van der Waals surface area contributed by atoms with Crippen LogP contribution in [0, 0.1) is 16.0 Å². The quantitative estimate of drug-likeness (QED) is 0.654. The van der Waals surface area contributed by atoms with Crippen LogP contribution in [-0.4, -0.2) is 40.4 Å². The van der Waals surface area contributed by atoms with Gasteiger partial charge in [0, 0.05) is 32.0 Å². The third-order valence-corrected chi connectivity index (χ3v) is 4.03. The Bertz CT molecular complexity index is 710. The fourth-order valence-corrected chi connectivity index (χ4v) is 2.69. The van der Waals surface area contributed by atoms with Crippen LogP contribution in [0.4, 0.5) is 11.7 Å². The molecule has 1 saturated heterocycles. The second kappa shape index (κ2) is 7.07. The molecular formula is C15H17N5O4. The molecule has 0 spiro atoms. The minimum Gasteiger partial charge on any atom is -0.395 e. The van der Waals surface area contributed by atoms with Crippen LogP contribution in [0.15, 0.2) is 35.1 Å². The molecule has 0 saturated carbocycles. The second-order valence-corrected chi connectivity index (χ2v) is 5.60. The Kier molecular flexibility index (Phi) is 4.69. The number of nitrogens with zero attached hydrogens (tertiary/aromatic N) is 4. The average molecular weight is 331 g/mol. The van der Waals surface area contributed by atoms with Crippen molar-refractivity contribution in [3.05, 3.63) is 46.6 Å². The van der Waals surface area contributed by atoms with Crippen LogP contribution in [0.3, 0.4) is 0 Å². The number of furan rings is 1. The lowest BCUT2D eigenvalue weighted by Crippen LogP contribution is -2.39. The lowest BCUT2D eigenvalue weighted by atomic mass is 9.97. The van der Waals surface area contributed by atoms with Crippen molar-refractivity contribution in [2.24, 2.45) is 5.92 Å². The zero-order chi connectivity index (χ0) is 16.9. The molecule has 0 unspecified atom stereocenters. The van der Waals surface area contributed by atoms with Gasteiger partial charge in [-0.1, -0.05) is 0 Å². The summed E-state index contributed by atoms with van der Waals surface area (Å²) < 4.78 is 4.89. The third kappa shape index (κ3) is 3.67. The van der Waals surface area contributed by atoms with Crippen molar-refractivity contribution in [2.75, 3.05) is 24.5 Å². The van der Waals surface area contributed by atoms with E-state index in [1.165, 1.54) is 12.1 Å². The molecule has 1 amide bonds. The van der Waals surface area contributed by atoms with Crippen LogP contribution >= 0.6 is 0 Å². The molecule has 0 atom stereocenters. The Labute approximate surface area is 137 Å². The molecule has 0 aromatic carbocycles. The fraction of sp³-hybridized carbons (Fsp3) is 0.400. The highest BCUT2D eigenvalue weighted by Gasteiger charge is 2.22. The van der Waals surface area contributed by atoms with Gasteiger partial charge < -0.3 is 14.6 Å². The Morgan fingerprint density at radius 1 is 1.38 bits per heavy atom. The van der Waals surface area contributed by atoms with Crippen LogP contribution in [0.5, 0.6) is 0 Å². The van der Waals surface area contributed by atoms with Gasteiger partial charge in [0.05, 0.1) is 12.3 Å². The molecule has 9 nitrogen and oxygen atoms in total. The molecule has 3 heterocycles. The monoisotopic (exact) mass is 331 g/mol. The molecule has 1 aliphatic rings. The number of amides is 1. The summed E-state index contributed by atoms with van der Waals surface area (Å²) >= 11 is 0. The van der Waals surface area contributed by atoms with Crippen LogP contribution in [0.1, 0.15) is 23.4 Å². The molecule has 1 aliphatic heterocycles. The van der Waals surface area contributed by atoms with Gasteiger partial charge in [0.2, 0.25) is 0 Å². The van der Waals surface area contributed by atoms with Gasteiger partial charge in [-0.05, 0) is 24.8 Å². The van der Waals surface area contributed by atoms with Crippen molar-refractivity contribution in [1.29, 1.82) is 0 Å². The van der Waals surface area contributed by atoms with Gasteiger partial charge in [-0.25, -0.2) is 4.98 Å². The van der Waals surface area contributed by atoms with Gasteiger partial charge in [-0.2, -0.15) is 0 Å². The number of anilines is 1. The second-order valence-electron chi connectivity index (χ2n) is 5.60. The molecular weight excluding hydrogens is 314 g/mol. The molecule has 1 N–H and O–H groups in total. The smallest absolute Gasteiger partial charge is 0.395 e. The van der Waals surface area contributed by atoms with Gasteiger partial charge in [0.1, 0.15) is 10.7 Å². The summed E-state index contributed by atoms with van der Waals surface area (Å²) in [5.41, 5.74) is 0. The molecule has 2 aromatic rings. The molecule has 0 bridgehead atoms. The third-order valence-electron chi connectivity index (χ3n) is 4.03. The number of hydrogen-bond donors (Lipinski definition) is 1. The van der Waals surface area contributed by atoms with E-state index >= 15 is 0 Å². The molecule has 3 rings (SSSR count). The SMILES string of the molecule is O=C(NCC1CCN(c2cnccn2)CC1)c1ccc([N+](=O)[O-])o1. The Morgan fingerprint density at radius 2 is 2.17 bits per heavy atom. The van der Waals surface area contributed by atoms with Gasteiger partial charge in [0.15, 0.2) is 5.76 Å². The predicted molar refractivity (Wildman–Crippen MR) is 84.7 cm³/mol. The standard InChI is InChI=1S/C15H17N5O4/c21-15(12-1-2-14(24-12)20(22)23)18-9-11-3-7-19(8-4-11)13-10-16-5-6-17-13/h1-2,5-6,10-11H,3-4,7-9H2,(H,18,21). The number of nitrogens with one attached hydrogen (secondary N) is 1. The molecule has 24 heavy (non-hydrogen) atoms. The first-order valence-electron chi connectivity index (χ1n) is 7.67. The molecule has 2 aromatic heterocycles. The van der Waals surface area contributed by atoms with E-state index in [1.54, 1.807) is 18.6 Å². The number of rotatable bonds is 5. The van der Waals surface area contributed by atoms with Crippen LogP contribution in [0.25, 0.3) is 0 Å². The summed E-state index contributed by atoms with van der Waals surface area (Å²) in [5, 5.41) is 13.3. The normalized spacial score (nSPS) is 15.2. The first-order valence-corrected chi connectivity index (χ1v) is 7.67. The highest BCUT2D eigenvalue weighted by molar-refractivity contribution is 5.91. The summed E-state index contributed by atoms with van der Waals surface area (Å²) in [6, 6.07) is 2.48. The Morgan fingerprint density at radius 3 is 2.79 bits per heavy atom. The van der Waals surface area contributed by atoms with Gasteiger partial charge in [-0.3, -0.25) is 19.9 Å². The highest BCUT2D eigenvalue weighted by atomic mass is 16.6. The van der Waals surface area contributed by atoms with Crippen molar-refractivity contribution >= 4 is 17.6 Å². The lowest BCUT2D eigenvalue weighted by molar-refractivity contribution is -0.402. The summed E-state index contributed by atoms with van der Waals surface area (Å²) in [7, 11) is 0. The van der Waals surface area contributed by atoms with E-state index in [1.807, 2.05) is 0 Å². The van der Waals surface area contributed by atoms with Crippen LogP contribution in [0.2, 0.25) is 0 Å². The van der Waals surface area contributed by atoms with Crippen molar-refractivity contribution in [1.82, 2.24) is 15.3 Å². The van der Waals surface area contributed by atoms with Crippen molar-refractivity contribution in [2.45, 2.75) is 12.8 Å². The summed E-state index contributed by atoms with van der Waals surface area (Å²) in [4.78, 5) is 32.4. The number of hydrogen-bond acceptors (Lipinski definition) is 7. The first-order chi connectivity index (χ1) is 11.6. The van der Waals surface area contributed by atoms with E-state index in [0.717, 1.165) is 31.7 Å². The molecule has 0 aliphatic carbocycles. The van der Waals surface area contributed by atoms with Crippen LogP contribution in [-0.2, 0) is 0 Å². The van der Waals surface area contributed by atoms with E-state index in [9.17, 15) is 14.9 Å². The van der Waals surface area contributed by atoms with E-state index in [2.05, 4.69) is 20.2 Å². The maximum Gasteiger partial charge on any atom is 0.433 e. The Balaban J connectivity index is 1.46. The fourth-order valence-electron chi connectivity index (χ4n) is 2.69. The summed E-state index contributed by atoms with van der Waals surface area (Å²) in [6.45, 7) is 2.22. The first kappa shape index (κ1) is 15.9. The largest absolute Gasteiger partial charge is 0.433 e. The predicted octanol–water partition coefficient (Wildman–Crippen LogP) is 1.62.